The molecule has 2 heterocycles. The Morgan fingerprint density at radius 1 is 0.900 bits per heavy atom. The van der Waals surface area contributed by atoms with Crippen LogP contribution in [0.5, 0.6) is 0 Å². The highest BCUT2D eigenvalue weighted by atomic mass is 19.4. The zero-order chi connectivity index (χ0) is 28.3. The van der Waals surface area contributed by atoms with Gasteiger partial charge in [-0.3, -0.25) is 19.7 Å². The normalized spacial score (nSPS) is 14.6. The number of carbonyl (C=O) groups excluding carboxylic acids is 1. The third-order valence-electron chi connectivity index (χ3n) is 7.20. The molecule has 0 unspecified atom stereocenters. The van der Waals surface area contributed by atoms with E-state index in [0.717, 1.165) is 54.4 Å². The molecule has 0 spiro atoms. The van der Waals surface area contributed by atoms with Crippen molar-refractivity contribution in [1.29, 1.82) is 0 Å². The summed E-state index contributed by atoms with van der Waals surface area (Å²) in [5, 5.41) is 0. The van der Waals surface area contributed by atoms with Crippen LogP contribution in [-0.2, 0) is 19.1 Å². The molecule has 8 heteroatoms. The van der Waals surface area contributed by atoms with E-state index in [0.29, 0.717) is 16.7 Å². The minimum atomic E-state index is -4.50. The second-order valence-corrected chi connectivity index (χ2v) is 10.2. The molecule has 1 aromatic heterocycles. The van der Waals surface area contributed by atoms with Crippen molar-refractivity contribution in [3.63, 3.8) is 0 Å². The largest absolute Gasteiger partial charge is 0.416 e. The number of likely N-dealkylation sites (N-methyl/N-ethyl adjacent to an activating group) is 1. The summed E-state index contributed by atoms with van der Waals surface area (Å²) in [6.07, 6.45) is -1.37. The minimum absolute atomic E-state index is 0.128. The van der Waals surface area contributed by atoms with Crippen molar-refractivity contribution < 1.29 is 18.0 Å². The Kier molecular flexibility index (Phi) is 7.97. The van der Waals surface area contributed by atoms with E-state index in [-0.39, 0.29) is 24.3 Å². The van der Waals surface area contributed by atoms with E-state index in [1.54, 1.807) is 30.6 Å². The summed E-state index contributed by atoms with van der Waals surface area (Å²) in [7, 11) is 2.01. The average molecular weight is 543 g/mol. The SMILES string of the molecule is Cc1ccc(C(=O)Cc2ccc(CN3CCN(C)CC3)c(C(F)(F)F)c2)cc1C#Cc1ccc2nccnc2c1. The van der Waals surface area contributed by atoms with Gasteiger partial charge in [0, 0.05) is 68.2 Å². The van der Waals surface area contributed by atoms with Gasteiger partial charge in [0.25, 0.3) is 0 Å². The van der Waals surface area contributed by atoms with E-state index in [4.69, 9.17) is 0 Å². The number of hydrogen-bond donors (Lipinski definition) is 0. The van der Waals surface area contributed by atoms with Crippen molar-refractivity contribution in [1.82, 2.24) is 19.8 Å². The molecule has 1 aliphatic heterocycles. The number of fused-ring (bicyclic) bond motifs is 1. The Morgan fingerprint density at radius 2 is 1.65 bits per heavy atom. The van der Waals surface area contributed by atoms with Gasteiger partial charge in [0.05, 0.1) is 16.6 Å². The maximum Gasteiger partial charge on any atom is 0.416 e. The monoisotopic (exact) mass is 542 g/mol. The first-order valence-electron chi connectivity index (χ1n) is 13.1. The van der Waals surface area contributed by atoms with Crippen LogP contribution in [-0.4, -0.2) is 58.8 Å². The smallest absolute Gasteiger partial charge is 0.304 e. The third-order valence-corrected chi connectivity index (χ3v) is 7.20. The van der Waals surface area contributed by atoms with Gasteiger partial charge in [0.1, 0.15) is 0 Å². The number of hydrogen-bond acceptors (Lipinski definition) is 5. The molecule has 0 saturated carbocycles. The van der Waals surface area contributed by atoms with Crippen molar-refractivity contribution >= 4 is 16.8 Å². The molecule has 5 nitrogen and oxygen atoms in total. The number of aryl methyl sites for hydroxylation is 1. The van der Waals surface area contributed by atoms with Gasteiger partial charge in [-0.15, -0.1) is 0 Å². The average Bonchev–Trinajstić information content (AvgIpc) is 2.94. The molecule has 4 aromatic rings. The highest BCUT2D eigenvalue weighted by Gasteiger charge is 2.34. The van der Waals surface area contributed by atoms with Crippen LogP contribution in [0.25, 0.3) is 11.0 Å². The fraction of sp³-hybridized carbons (Fsp3) is 0.281. The van der Waals surface area contributed by atoms with E-state index in [2.05, 4.69) is 26.7 Å². The van der Waals surface area contributed by atoms with Gasteiger partial charge >= 0.3 is 6.18 Å². The Labute approximate surface area is 231 Å². The zero-order valence-electron chi connectivity index (χ0n) is 22.4. The topological polar surface area (TPSA) is 49.3 Å². The molecule has 5 rings (SSSR count). The number of rotatable bonds is 5. The molecule has 40 heavy (non-hydrogen) atoms. The van der Waals surface area contributed by atoms with Crippen LogP contribution in [0, 0.1) is 18.8 Å². The number of benzene rings is 3. The van der Waals surface area contributed by atoms with Crippen LogP contribution in [0.15, 0.2) is 67.0 Å². The first-order chi connectivity index (χ1) is 19.2. The lowest BCUT2D eigenvalue weighted by Crippen LogP contribution is -2.44. The predicted octanol–water partition coefficient (Wildman–Crippen LogP) is 5.53. The van der Waals surface area contributed by atoms with Gasteiger partial charge in [0.2, 0.25) is 0 Å². The van der Waals surface area contributed by atoms with E-state index < -0.39 is 11.7 Å². The van der Waals surface area contributed by atoms with Gasteiger partial charge in [-0.05, 0) is 61.0 Å². The van der Waals surface area contributed by atoms with Crippen LogP contribution < -0.4 is 0 Å². The highest BCUT2D eigenvalue weighted by Crippen LogP contribution is 2.34. The van der Waals surface area contributed by atoms with Crippen molar-refractivity contribution in [3.8, 4) is 11.8 Å². The van der Waals surface area contributed by atoms with Gasteiger partial charge in [-0.1, -0.05) is 36.1 Å². The molecular weight excluding hydrogens is 513 g/mol. The lowest BCUT2D eigenvalue weighted by molar-refractivity contribution is -0.138. The number of ketones is 1. The fourth-order valence-corrected chi connectivity index (χ4v) is 4.78. The summed E-state index contributed by atoms with van der Waals surface area (Å²) in [5.74, 6) is 5.98. The van der Waals surface area contributed by atoms with E-state index in [9.17, 15) is 18.0 Å². The minimum Gasteiger partial charge on any atom is -0.304 e. The molecule has 0 N–H and O–H groups in total. The van der Waals surface area contributed by atoms with E-state index in [1.807, 2.05) is 43.1 Å². The number of nitrogens with zero attached hydrogens (tertiary/aromatic N) is 4. The number of piperazine rings is 1. The lowest BCUT2D eigenvalue weighted by Gasteiger charge is -2.33. The van der Waals surface area contributed by atoms with Crippen LogP contribution in [0.1, 0.15) is 43.7 Å². The number of carbonyl (C=O) groups is 1. The van der Waals surface area contributed by atoms with E-state index >= 15 is 0 Å². The van der Waals surface area contributed by atoms with Crippen LogP contribution in [0.4, 0.5) is 13.2 Å². The number of alkyl halides is 3. The second-order valence-electron chi connectivity index (χ2n) is 10.2. The Bertz CT molecular complexity index is 1610. The third kappa shape index (κ3) is 6.56. The molecular formula is C32H29F3N4O. The second kappa shape index (κ2) is 11.6. The quantitative estimate of drug-likeness (QED) is 0.245. The molecule has 1 fully saturated rings. The predicted molar refractivity (Wildman–Crippen MR) is 149 cm³/mol. The maximum atomic E-state index is 14.0. The summed E-state index contributed by atoms with van der Waals surface area (Å²) in [6.45, 7) is 5.24. The van der Waals surface area contributed by atoms with Crippen molar-refractivity contribution in [2.75, 3.05) is 33.2 Å². The molecule has 0 bridgehead atoms. The summed E-state index contributed by atoms with van der Waals surface area (Å²) in [4.78, 5) is 25.9. The molecule has 0 amide bonds. The lowest BCUT2D eigenvalue weighted by atomic mass is 9.96. The summed E-state index contributed by atoms with van der Waals surface area (Å²) in [5.41, 5.74) is 4.18. The first kappa shape index (κ1) is 27.5. The molecule has 0 atom stereocenters. The van der Waals surface area contributed by atoms with Crippen LogP contribution in [0.3, 0.4) is 0 Å². The standard InChI is InChI=1S/C32H29F3N4O/c1-22-3-7-26(20-25(22)8-4-23-6-10-29-30(18-23)37-12-11-36-29)31(40)19-24-5-9-27(28(17-24)32(33,34)35)21-39-15-13-38(2)14-16-39/h3,5-7,9-12,17-18,20H,13-16,19,21H2,1-2H3. The van der Waals surface area contributed by atoms with Crippen LogP contribution >= 0.6 is 0 Å². The van der Waals surface area contributed by atoms with E-state index in [1.165, 1.54) is 6.07 Å². The van der Waals surface area contributed by atoms with Crippen molar-refractivity contribution in [2.24, 2.45) is 0 Å². The Hall–Kier alpha value is -4.06. The Morgan fingerprint density at radius 3 is 2.40 bits per heavy atom. The number of halogens is 3. The molecule has 1 saturated heterocycles. The highest BCUT2D eigenvalue weighted by molar-refractivity contribution is 5.98. The fourth-order valence-electron chi connectivity index (χ4n) is 4.78. The van der Waals surface area contributed by atoms with Gasteiger partial charge in [-0.2, -0.15) is 13.2 Å². The van der Waals surface area contributed by atoms with Gasteiger partial charge in [-0.25, -0.2) is 0 Å². The maximum absolute atomic E-state index is 14.0. The zero-order valence-corrected chi connectivity index (χ0v) is 22.4. The summed E-state index contributed by atoms with van der Waals surface area (Å²) < 4.78 is 41.9. The molecule has 204 valence electrons. The molecule has 1 aliphatic rings. The number of Topliss-reactive ketones (excluding diaryl/α,β-unsaturated/α-hetero) is 1. The summed E-state index contributed by atoms with van der Waals surface area (Å²) in [6, 6.07) is 15.1. The van der Waals surface area contributed by atoms with Gasteiger partial charge < -0.3 is 4.90 Å². The number of aromatic nitrogens is 2. The first-order valence-corrected chi connectivity index (χ1v) is 13.1. The van der Waals surface area contributed by atoms with Crippen molar-refractivity contribution in [2.45, 2.75) is 26.1 Å². The van der Waals surface area contributed by atoms with Crippen LogP contribution in [0.2, 0.25) is 0 Å². The van der Waals surface area contributed by atoms with Crippen molar-refractivity contribution in [3.05, 3.63) is 106 Å². The molecule has 3 aromatic carbocycles. The molecule has 0 aliphatic carbocycles. The summed E-state index contributed by atoms with van der Waals surface area (Å²) >= 11 is 0. The van der Waals surface area contributed by atoms with Gasteiger partial charge in [0.15, 0.2) is 5.78 Å². The Balaban J connectivity index is 1.34. The molecule has 0 radical (unpaired) electrons.